The van der Waals surface area contributed by atoms with Crippen molar-refractivity contribution in [2.45, 2.75) is 65.6 Å². The molecule has 0 bridgehead atoms. The quantitative estimate of drug-likeness (QED) is 0.348. The first-order valence-electron chi connectivity index (χ1n) is 15.3. The molecule has 1 aliphatic rings. The van der Waals surface area contributed by atoms with Gasteiger partial charge in [0.1, 0.15) is 11.9 Å². The Kier molecular flexibility index (Phi) is 9.91. The molecule has 4 heterocycles. The van der Waals surface area contributed by atoms with Gasteiger partial charge in [0.05, 0.1) is 23.8 Å². The lowest BCUT2D eigenvalue weighted by molar-refractivity contribution is -0.129. The van der Waals surface area contributed by atoms with Gasteiger partial charge in [-0.2, -0.15) is 5.10 Å². The highest BCUT2D eigenvalue weighted by molar-refractivity contribution is 5.95. The van der Waals surface area contributed by atoms with E-state index in [1.165, 1.54) is 0 Å². The number of nitrogens with zero attached hydrogens (tertiary/aromatic N) is 7. The normalized spacial score (nSPS) is 18.1. The largest absolute Gasteiger partial charge is 0.345 e. The number of fused-ring (bicyclic) bond motifs is 1. The van der Waals surface area contributed by atoms with Crippen LogP contribution in [0.4, 0.5) is 0 Å². The predicted molar refractivity (Wildman–Crippen MR) is 169 cm³/mol. The van der Waals surface area contributed by atoms with E-state index in [4.69, 9.17) is 10.1 Å². The lowest BCUT2D eigenvalue weighted by Gasteiger charge is -2.26. The minimum atomic E-state index is -0.691. The highest BCUT2D eigenvalue weighted by Crippen LogP contribution is 2.21. The zero-order valence-electron chi connectivity index (χ0n) is 26.1. The molecule has 0 spiro atoms. The second-order valence-electron chi connectivity index (χ2n) is 11.7. The maximum Gasteiger partial charge on any atom is 0.257 e. The minimum Gasteiger partial charge on any atom is -0.345 e. The standard InChI is InChI=1S/C33H39N9O3/c1-21(2)18-27-32(44)37-23(4)31-39-30(24-10-6-5-7-11-24)40-42(31)17-16-41(15-9-13-28(43)38-27)33(45)26-20-35-29(36-22(26)3)25-12-8-14-34-19-25/h5-8,10-12,14,19-21,23,27H,9,13,15-18H2,1-4H3,(H,37,44)(H,38,43)/t23-,27-/m1/s1. The number of nitrogens with one attached hydrogen (secondary N) is 2. The summed E-state index contributed by atoms with van der Waals surface area (Å²) in [6.45, 7) is 8.60. The first-order chi connectivity index (χ1) is 21.7. The Morgan fingerprint density at radius 3 is 2.44 bits per heavy atom. The Hall–Kier alpha value is -5.00. The van der Waals surface area contributed by atoms with Crippen LogP contribution in [0.3, 0.4) is 0 Å². The molecule has 0 fully saturated rings. The molecule has 45 heavy (non-hydrogen) atoms. The van der Waals surface area contributed by atoms with Crippen molar-refractivity contribution in [2.75, 3.05) is 13.1 Å². The summed E-state index contributed by atoms with van der Waals surface area (Å²) in [5.41, 5.74) is 2.53. The topological polar surface area (TPSA) is 148 Å². The molecule has 0 unspecified atom stereocenters. The molecule has 4 aromatic rings. The number of benzene rings is 1. The monoisotopic (exact) mass is 609 g/mol. The molecule has 0 saturated heterocycles. The molecule has 5 rings (SSSR count). The first kappa shape index (κ1) is 31.4. The Balaban J connectivity index is 1.46. The summed E-state index contributed by atoms with van der Waals surface area (Å²) in [7, 11) is 0. The summed E-state index contributed by atoms with van der Waals surface area (Å²) in [6, 6.07) is 12.1. The van der Waals surface area contributed by atoms with E-state index in [9.17, 15) is 14.4 Å². The maximum absolute atomic E-state index is 13.9. The third-order valence-electron chi connectivity index (χ3n) is 7.67. The van der Waals surface area contributed by atoms with E-state index < -0.39 is 12.1 Å². The SMILES string of the molecule is Cc1nc(-c2cccnc2)ncc1C(=O)N1CCCC(=O)N[C@H](CC(C)C)C(=O)N[C@H](C)c2nc(-c3ccccc3)nn2CC1. The van der Waals surface area contributed by atoms with Gasteiger partial charge in [-0.25, -0.2) is 19.6 Å². The van der Waals surface area contributed by atoms with E-state index in [0.717, 1.165) is 11.1 Å². The van der Waals surface area contributed by atoms with E-state index >= 15 is 0 Å². The highest BCUT2D eigenvalue weighted by atomic mass is 16.2. The average molecular weight is 610 g/mol. The summed E-state index contributed by atoms with van der Waals surface area (Å²) in [6.07, 6.45) is 5.98. The minimum absolute atomic E-state index is 0.170. The van der Waals surface area contributed by atoms with Crippen LogP contribution in [0.1, 0.15) is 68.0 Å². The molecular weight excluding hydrogens is 570 g/mol. The molecule has 1 aromatic carbocycles. The fourth-order valence-corrected chi connectivity index (χ4v) is 5.34. The number of aryl methyl sites for hydroxylation is 1. The molecule has 0 saturated carbocycles. The third kappa shape index (κ3) is 7.75. The van der Waals surface area contributed by atoms with Crippen LogP contribution in [0.25, 0.3) is 22.8 Å². The molecule has 0 aliphatic carbocycles. The van der Waals surface area contributed by atoms with Gasteiger partial charge in [-0.05, 0) is 44.7 Å². The van der Waals surface area contributed by atoms with Crippen LogP contribution in [0.2, 0.25) is 0 Å². The van der Waals surface area contributed by atoms with E-state index in [2.05, 4.69) is 25.6 Å². The number of carbonyl (C=O) groups excluding carboxylic acids is 3. The van der Waals surface area contributed by atoms with Crippen molar-refractivity contribution in [3.63, 3.8) is 0 Å². The van der Waals surface area contributed by atoms with Crippen LogP contribution in [0.5, 0.6) is 0 Å². The molecule has 12 nitrogen and oxygen atoms in total. The Bertz CT molecular complexity index is 1640. The van der Waals surface area contributed by atoms with Crippen LogP contribution in [-0.4, -0.2) is 71.5 Å². The Labute approximate surface area is 262 Å². The number of rotatable bonds is 5. The smallest absolute Gasteiger partial charge is 0.257 e. The Morgan fingerprint density at radius 1 is 0.956 bits per heavy atom. The summed E-state index contributed by atoms with van der Waals surface area (Å²) in [5.74, 6) is 1.02. The fraction of sp³-hybridized carbons (Fsp3) is 0.394. The van der Waals surface area contributed by atoms with Gasteiger partial charge in [-0.15, -0.1) is 0 Å². The molecule has 3 aromatic heterocycles. The van der Waals surface area contributed by atoms with E-state index in [1.54, 1.807) is 35.1 Å². The molecule has 3 amide bonds. The van der Waals surface area contributed by atoms with Crippen molar-refractivity contribution < 1.29 is 14.4 Å². The van der Waals surface area contributed by atoms with Gasteiger partial charge in [-0.3, -0.25) is 19.4 Å². The van der Waals surface area contributed by atoms with Crippen LogP contribution in [0.15, 0.2) is 61.1 Å². The van der Waals surface area contributed by atoms with E-state index in [1.807, 2.05) is 63.2 Å². The van der Waals surface area contributed by atoms with Crippen LogP contribution in [-0.2, 0) is 16.1 Å². The number of amides is 3. The molecule has 2 N–H and O–H groups in total. The number of aromatic nitrogens is 6. The lowest BCUT2D eigenvalue weighted by atomic mass is 10.0. The molecule has 12 heteroatoms. The number of hydrogen-bond donors (Lipinski definition) is 2. The molecule has 2 atom stereocenters. The maximum atomic E-state index is 13.9. The molecular formula is C33H39N9O3. The number of hydrogen-bond acceptors (Lipinski definition) is 8. The predicted octanol–water partition coefficient (Wildman–Crippen LogP) is 3.75. The van der Waals surface area contributed by atoms with Crippen molar-refractivity contribution in [1.82, 2.24) is 45.2 Å². The second kappa shape index (κ2) is 14.2. The number of pyridine rings is 1. The van der Waals surface area contributed by atoms with Gasteiger partial charge in [0.2, 0.25) is 11.8 Å². The average Bonchev–Trinajstić information content (AvgIpc) is 3.47. The fourth-order valence-electron chi connectivity index (χ4n) is 5.34. The zero-order chi connectivity index (χ0) is 31.9. The van der Waals surface area contributed by atoms with Crippen molar-refractivity contribution in [3.8, 4) is 22.8 Å². The van der Waals surface area contributed by atoms with Gasteiger partial charge in [0.15, 0.2) is 11.6 Å². The highest BCUT2D eigenvalue weighted by Gasteiger charge is 2.28. The summed E-state index contributed by atoms with van der Waals surface area (Å²) in [4.78, 5) is 59.9. The summed E-state index contributed by atoms with van der Waals surface area (Å²) < 4.78 is 1.75. The van der Waals surface area contributed by atoms with Crippen molar-refractivity contribution in [2.24, 2.45) is 5.92 Å². The molecule has 1 aliphatic heterocycles. The molecule has 234 valence electrons. The van der Waals surface area contributed by atoms with E-state index in [-0.39, 0.29) is 30.1 Å². The summed E-state index contributed by atoms with van der Waals surface area (Å²) >= 11 is 0. The van der Waals surface area contributed by atoms with Gasteiger partial charge < -0.3 is 15.5 Å². The summed E-state index contributed by atoms with van der Waals surface area (Å²) in [5, 5.41) is 10.7. The van der Waals surface area contributed by atoms with Gasteiger partial charge >= 0.3 is 0 Å². The van der Waals surface area contributed by atoms with Crippen LogP contribution in [0, 0.1) is 12.8 Å². The van der Waals surface area contributed by atoms with Gasteiger partial charge in [-0.1, -0.05) is 44.2 Å². The molecule has 0 radical (unpaired) electrons. The van der Waals surface area contributed by atoms with Crippen molar-refractivity contribution >= 4 is 17.7 Å². The Morgan fingerprint density at radius 2 is 1.73 bits per heavy atom. The van der Waals surface area contributed by atoms with Gasteiger partial charge in [0.25, 0.3) is 5.91 Å². The third-order valence-corrected chi connectivity index (χ3v) is 7.67. The van der Waals surface area contributed by atoms with Crippen molar-refractivity contribution in [1.29, 1.82) is 0 Å². The van der Waals surface area contributed by atoms with Crippen LogP contribution >= 0.6 is 0 Å². The lowest BCUT2D eigenvalue weighted by Crippen LogP contribution is -2.48. The second-order valence-corrected chi connectivity index (χ2v) is 11.7. The van der Waals surface area contributed by atoms with Crippen molar-refractivity contribution in [3.05, 3.63) is 78.1 Å². The van der Waals surface area contributed by atoms with Crippen LogP contribution < -0.4 is 10.6 Å². The van der Waals surface area contributed by atoms with E-state index in [0.29, 0.717) is 61.2 Å². The number of carbonyl (C=O) groups is 3. The zero-order valence-corrected chi connectivity index (χ0v) is 26.1. The first-order valence-corrected chi connectivity index (χ1v) is 15.3. The van der Waals surface area contributed by atoms with Gasteiger partial charge in [0, 0.05) is 49.2 Å².